The number of aromatic amines is 1. The maximum Gasteiger partial charge on any atom is 0.251 e. The van der Waals surface area contributed by atoms with Gasteiger partial charge in [0.05, 0.1) is 11.0 Å². The molecule has 2 heterocycles. The zero-order chi connectivity index (χ0) is 21.7. The summed E-state index contributed by atoms with van der Waals surface area (Å²) >= 11 is 6.05. The second kappa shape index (κ2) is 7.40. The molecule has 5 nitrogen and oxygen atoms in total. The molecule has 1 aliphatic heterocycles. The highest BCUT2D eigenvalue weighted by atomic mass is 35.5. The number of hydrogen-bond donors (Lipinski definition) is 2. The van der Waals surface area contributed by atoms with E-state index in [0.29, 0.717) is 10.6 Å². The van der Waals surface area contributed by atoms with Gasteiger partial charge in [0.25, 0.3) is 5.91 Å². The molecule has 1 saturated heterocycles. The number of amides is 1. The number of aromatic nitrogens is 2. The van der Waals surface area contributed by atoms with E-state index in [2.05, 4.69) is 54.9 Å². The molecule has 158 valence electrons. The first-order valence-corrected chi connectivity index (χ1v) is 10.7. The third-order valence-corrected chi connectivity index (χ3v) is 6.74. The Morgan fingerprint density at radius 1 is 1.10 bits per heavy atom. The summed E-state index contributed by atoms with van der Waals surface area (Å²) in [5, 5.41) is 3.91. The third kappa shape index (κ3) is 3.96. The zero-order valence-electron chi connectivity index (χ0n) is 18.2. The van der Waals surface area contributed by atoms with Crippen LogP contribution in [0.2, 0.25) is 5.02 Å². The van der Waals surface area contributed by atoms with Gasteiger partial charge in [-0.1, -0.05) is 23.7 Å². The Balaban J connectivity index is 1.49. The van der Waals surface area contributed by atoms with E-state index in [4.69, 9.17) is 11.6 Å². The van der Waals surface area contributed by atoms with Crippen LogP contribution in [0.25, 0.3) is 22.4 Å². The van der Waals surface area contributed by atoms with Crippen molar-refractivity contribution < 1.29 is 4.79 Å². The number of hydrogen-bond acceptors (Lipinski definition) is 3. The molecule has 3 aromatic rings. The number of likely N-dealkylation sites (tertiary alicyclic amines) is 1. The minimum absolute atomic E-state index is 0.0286. The Bertz CT molecular complexity index is 1070. The van der Waals surface area contributed by atoms with Gasteiger partial charge in [0.2, 0.25) is 0 Å². The number of fused-ring (bicyclic) bond motifs is 1. The molecule has 2 N–H and O–H groups in total. The van der Waals surface area contributed by atoms with Crippen molar-refractivity contribution in [3.05, 3.63) is 53.1 Å². The van der Waals surface area contributed by atoms with Gasteiger partial charge in [-0.2, -0.15) is 0 Å². The molecule has 1 aliphatic rings. The van der Waals surface area contributed by atoms with E-state index in [1.807, 2.05) is 42.5 Å². The van der Waals surface area contributed by atoms with Crippen LogP contribution in [-0.2, 0) is 0 Å². The summed E-state index contributed by atoms with van der Waals surface area (Å²) in [6, 6.07) is 13.3. The van der Waals surface area contributed by atoms with E-state index >= 15 is 0 Å². The summed E-state index contributed by atoms with van der Waals surface area (Å²) in [6.07, 6.45) is 1.86. The number of imidazole rings is 1. The second-order valence-electron chi connectivity index (χ2n) is 9.59. The maximum atomic E-state index is 12.9. The highest BCUT2D eigenvalue weighted by Crippen LogP contribution is 2.37. The summed E-state index contributed by atoms with van der Waals surface area (Å²) in [5.74, 6) is 0.733. The molecule has 1 aromatic heterocycles. The Kier molecular flexibility index (Phi) is 5.15. The molecular weight excluding hydrogens is 396 g/mol. The van der Waals surface area contributed by atoms with Gasteiger partial charge in [0.1, 0.15) is 5.82 Å². The Morgan fingerprint density at radius 2 is 1.73 bits per heavy atom. The summed E-state index contributed by atoms with van der Waals surface area (Å²) in [4.78, 5) is 23.2. The minimum atomic E-state index is -0.0286. The van der Waals surface area contributed by atoms with Crippen LogP contribution >= 0.6 is 11.6 Å². The number of carbonyl (C=O) groups is 1. The van der Waals surface area contributed by atoms with Gasteiger partial charge in [-0.3, -0.25) is 9.69 Å². The monoisotopic (exact) mass is 424 g/mol. The fourth-order valence-corrected chi connectivity index (χ4v) is 4.80. The normalized spacial score (nSPS) is 19.1. The molecule has 2 aromatic carbocycles. The average Bonchev–Trinajstić information content (AvgIpc) is 3.09. The highest BCUT2D eigenvalue weighted by molar-refractivity contribution is 6.31. The average molecular weight is 425 g/mol. The Hall–Kier alpha value is -2.37. The standard InChI is InChI=1S/C24H29ClN4O/c1-23(2)13-18(14-24(3,4)29(23)5)26-22(30)16-8-6-15(7-9-16)21-27-19-11-10-17(25)12-20(19)28-21/h6-12,18H,13-14H2,1-5H3,(H,26,30)(H,27,28). The van der Waals surface area contributed by atoms with Gasteiger partial charge in [-0.15, -0.1) is 0 Å². The van der Waals surface area contributed by atoms with Crippen molar-refractivity contribution >= 4 is 28.5 Å². The van der Waals surface area contributed by atoms with Crippen molar-refractivity contribution in [1.29, 1.82) is 0 Å². The number of H-pyrrole nitrogens is 1. The van der Waals surface area contributed by atoms with E-state index in [1.54, 1.807) is 0 Å². The summed E-state index contributed by atoms with van der Waals surface area (Å²) in [6.45, 7) is 8.95. The number of nitrogens with one attached hydrogen (secondary N) is 2. The summed E-state index contributed by atoms with van der Waals surface area (Å²) in [7, 11) is 2.17. The summed E-state index contributed by atoms with van der Waals surface area (Å²) in [5.41, 5.74) is 3.42. The molecule has 1 fully saturated rings. The predicted octanol–water partition coefficient (Wildman–Crippen LogP) is 5.26. The molecule has 0 unspecified atom stereocenters. The number of rotatable bonds is 3. The van der Waals surface area contributed by atoms with Crippen molar-refractivity contribution in [2.75, 3.05) is 7.05 Å². The van der Waals surface area contributed by atoms with Crippen LogP contribution in [0.3, 0.4) is 0 Å². The minimum Gasteiger partial charge on any atom is -0.349 e. The second-order valence-corrected chi connectivity index (χ2v) is 10.0. The molecule has 30 heavy (non-hydrogen) atoms. The van der Waals surface area contributed by atoms with Crippen LogP contribution in [-0.4, -0.2) is 44.9 Å². The third-order valence-electron chi connectivity index (χ3n) is 6.51. The molecule has 0 saturated carbocycles. The lowest BCUT2D eigenvalue weighted by atomic mass is 9.77. The molecule has 0 bridgehead atoms. The number of piperidine rings is 1. The van der Waals surface area contributed by atoms with E-state index < -0.39 is 0 Å². The van der Waals surface area contributed by atoms with Gasteiger partial charge in [-0.05, 0) is 77.9 Å². The van der Waals surface area contributed by atoms with Gasteiger partial charge < -0.3 is 10.3 Å². The van der Waals surface area contributed by atoms with Crippen molar-refractivity contribution in [1.82, 2.24) is 20.2 Å². The van der Waals surface area contributed by atoms with E-state index in [1.165, 1.54) is 0 Å². The van der Waals surface area contributed by atoms with E-state index in [9.17, 15) is 4.79 Å². The van der Waals surface area contributed by atoms with Crippen molar-refractivity contribution in [2.45, 2.75) is 57.7 Å². The molecule has 1 amide bonds. The van der Waals surface area contributed by atoms with Crippen LogP contribution < -0.4 is 5.32 Å². The number of nitrogens with zero attached hydrogens (tertiary/aromatic N) is 2. The van der Waals surface area contributed by atoms with E-state index in [-0.39, 0.29) is 23.0 Å². The van der Waals surface area contributed by atoms with Crippen molar-refractivity contribution in [3.63, 3.8) is 0 Å². The number of benzene rings is 2. The van der Waals surface area contributed by atoms with Crippen molar-refractivity contribution in [3.8, 4) is 11.4 Å². The number of carbonyl (C=O) groups excluding carboxylic acids is 1. The Labute approximate surface area is 182 Å². The largest absolute Gasteiger partial charge is 0.349 e. The molecule has 0 atom stereocenters. The van der Waals surface area contributed by atoms with Gasteiger partial charge in [0.15, 0.2) is 0 Å². The first kappa shape index (κ1) is 20.9. The fraction of sp³-hybridized carbons (Fsp3) is 0.417. The predicted molar refractivity (Wildman–Crippen MR) is 123 cm³/mol. The van der Waals surface area contributed by atoms with Crippen LogP contribution in [0.5, 0.6) is 0 Å². The fourth-order valence-electron chi connectivity index (χ4n) is 4.64. The zero-order valence-corrected chi connectivity index (χ0v) is 19.0. The Morgan fingerprint density at radius 3 is 2.37 bits per heavy atom. The van der Waals surface area contributed by atoms with Crippen LogP contribution in [0.4, 0.5) is 0 Å². The lowest BCUT2D eigenvalue weighted by Crippen LogP contribution is -2.62. The smallest absolute Gasteiger partial charge is 0.251 e. The van der Waals surface area contributed by atoms with Crippen molar-refractivity contribution in [2.24, 2.45) is 0 Å². The topological polar surface area (TPSA) is 61.0 Å². The molecule has 4 rings (SSSR count). The first-order chi connectivity index (χ1) is 14.0. The molecule has 0 radical (unpaired) electrons. The molecule has 0 aliphatic carbocycles. The first-order valence-electron chi connectivity index (χ1n) is 10.4. The SMILES string of the molecule is CN1C(C)(C)CC(NC(=O)c2ccc(-c3nc4cc(Cl)ccc4[nH]3)cc2)CC1(C)C. The summed E-state index contributed by atoms with van der Waals surface area (Å²) < 4.78 is 0. The number of halogens is 1. The lowest BCUT2D eigenvalue weighted by molar-refractivity contribution is -0.0169. The van der Waals surface area contributed by atoms with Gasteiger partial charge >= 0.3 is 0 Å². The molecule has 6 heteroatoms. The van der Waals surface area contributed by atoms with Gasteiger partial charge in [-0.25, -0.2) is 4.98 Å². The molecular formula is C24H29ClN4O. The van der Waals surface area contributed by atoms with Crippen LogP contribution in [0, 0.1) is 0 Å². The van der Waals surface area contributed by atoms with Gasteiger partial charge in [0, 0.05) is 33.3 Å². The maximum absolute atomic E-state index is 12.9. The van der Waals surface area contributed by atoms with Crippen LogP contribution in [0.15, 0.2) is 42.5 Å². The van der Waals surface area contributed by atoms with E-state index in [0.717, 1.165) is 35.3 Å². The highest BCUT2D eigenvalue weighted by Gasteiger charge is 2.43. The van der Waals surface area contributed by atoms with Crippen LogP contribution in [0.1, 0.15) is 50.9 Å². The quantitative estimate of drug-likeness (QED) is 0.602. The molecule has 0 spiro atoms. The lowest BCUT2D eigenvalue weighted by Gasteiger charge is -2.53.